The molecule has 0 aliphatic heterocycles. The minimum Gasteiger partial charge on any atom is -0.466 e. The minimum atomic E-state index is -0.993. The minimum absolute atomic E-state index is 0.00863. The molecule has 0 bridgehead atoms. The summed E-state index contributed by atoms with van der Waals surface area (Å²) in [5.41, 5.74) is 1.66. The van der Waals surface area contributed by atoms with Gasteiger partial charge in [-0.3, -0.25) is 14.4 Å². The Kier molecular flexibility index (Phi) is 11.3. The summed E-state index contributed by atoms with van der Waals surface area (Å²) in [7, 11) is 0. The molecule has 0 spiro atoms. The van der Waals surface area contributed by atoms with Gasteiger partial charge in [-0.1, -0.05) is 29.8 Å². The van der Waals surface area contributed by atoms with Crippen LogP contribution in [0.25, 0.3) is 0 Å². The first-order chi connectivity index (χ1) is 15.9. The average molecular weight is 476 g/mol. The number of esters is 1. The van der Waals surface area contributed by atoms with Gasteiger partial charge in [-0.15, -0.1) is 6.58 Å². The first-order valence-electron chi connectivity index (χ1n) is 11.3. The van der Waals surface area contributed by atoms with E-state index in [1.807, 2.05) is 32.0 Å². The topological polar surface area (TPSA) is 114 Å². The van der Waals surface area contributed by atoms with Gasteiger partial charge in [-0.2, -0.15) is 0 Å². The van der Waals surface area contributed by atoms with Gasteiger partial charge in [0.1, 0.15) is 18.2 Å². The van der Waals surface area contributed by atoms with Crippen molar-refractivity contribution in [1.82, 2.24) is 15.5 Å². The number of alkyl carbamates (subject to hydrolysis) is 1. The van der Waals surface area contributed by atoms with Gasteiger partial charge in [0.25, 0.3) is 0 Å². The highest BCUT2D eigenvalue weighted by atomic mass is 16.6. The Morgan fingerprint density at radius 1 is 1.15 bits per heavy atom. The lowest BCUT2D eigenvalue weighted by Crippen LogP contribution is -2.48. The van der Waals surface area contributed by atoms with Crippen molar-refractivity contribution < 1.29 is 28.7 Å². The third kappa shape index (κ3) is 9.64. The van der Waals surface area contributed by atoms with E-state index < -0.39 is 35.5 Å². The second-order valence-corrected chi connectivity index (χ2v) is 8.80. The third-order valence-corrected chi connectivity index (χ3v) is 4.65. The van der Waals surface area contributed by atoms with E-state index in [4.69, 9.17) is 9.47 Å². The van der Waals surface area contributed by atoms with Crippen molar-refractivity contribution in [2.75, 3.05) is 26.2 Å². The van der Waals surface area contributed by atoms with Crippen molar-refractivity contribution in [3.63, 3.8) is 0 Å². The van der Waals surface area contributed by atoms with Crippen LogP contribution in [0.5, 0.6) is 0 Å². The van der Waals surface area contributed by atoms with Crippen LogP contribution < -0.4 is 10.6 Å². The van der Waals surface area contributed by atoms with E-state index >= 15 is 0 Å². The maximum atomic E-state index is 13.3. The number of hydrogen-bond donors (Lipinski definition) is 2. The molecule has 0 saturated carbocycles. The highest BCUT2D eigenvalue weighted by molar-refractivity contribution is 5.91. The van der Waals surface area contributed by atoms with Gasteiger partial charge < -0.3 is 25.0 Å². The highest BCUT2D eigenvalue weighted by Crippen LogP contribution is 2.26. The van der Waals surface area contributed by atoms with E-state index in [1.165, 1.54) is 11.0 Å². The maximum absolute atomic E-state index is 13.3. The van der Waals surface area contributed by atoms with E-state index in [9.17, 15) is 19.2 Å². The molecule has 1 unspecified atom stereocenters. The number of carbonyl (C=O) groups is 4. The van der Waals surface area contributed by atoms with Crippen LogP contribution in [0.2, 0.25) is 0 Å². The number of nitrogens with zero attached hydrogens (tertiary/aromatic N) is 1. The lowest BCUT2D eigenvalue weighted by molar-refractivity contribution is -0.143. The summed E-state index contributed by atoms with van der Waals surface area (Å²) >= 11 is 0. The summed E-state index contributed by atoms with van der Waals surface area (Å²) in [6.07, 6.45) is 0.783. The molecule has 1 aromatic carbocycles. The number of carbonyl (C=O) groups excluding carboxylic acids is 4. The first-order valence-corrected chi connectivity index (χ1v) is 11.3. The molecule has 3 amide bonds. The highest BCUT2D eigenvalue weighted by Gasteiger charge is 2.32. The van der Waals surface area contributed by atoms with E-state index in [1.54, 1.807) is 27.7 Å². The Morgan fingerprint density at radius 3 is 2.41 bits per heavy atom. The van der Waals surface area contributed by atoms with E-state index in [2.05, 4.69) is 17.2 Å². The maximum Gasteiger partial charge on any atom is 0.408 e. The molecule has 0 heterocycles. The van der Waals surface area contributed by atoms with E-state index in [0.717, 1.165) is 11.1 Å². The first kappa shape index (κ1) is 28.7. The largest absolute Gasteiger partial charge is 0.466 e. The van der Waals surface area contributed by atoms with E-state index in [-0.39, 0.29) is 32.7 Å². The fourth-order valence-electron chi connectivity index (χ4n) is 3.18. The molecule has 9 nitrogen and oxygen atoms in total. The number of nitrogens with one attached hydrogen (secondary N) is 2. The lowest BCUT2D eigenvalue weighted by Gasteiger charge is -2.32. The van der Waals surface area contributed by atoms with Crippen molar-refractivity contribution in [3.8, 4) is 0 Å². The molecule has 1 atom stereocenters. The van der Waals surface area contributed by atoms with Crippen molar-refractivity contribution in [2.45, 2.75) is 59.6 Å². The molecule has 34 heavy (non-hydrogen) atoms. The van der Waals surface area contributed by atoms with Gasteiger partial charge in [0.2, 0.25) is 11.8 Å². The summed E-state index contributed by atoms with van der Waals surface area (Å²) in [6.45, 7) is 14.3. The van der Waals surface area contributed by atoms with Crippen LogP contribution in [0.1, 0.15) is 56.8 Å². The molecule has 188 valence electrons. The Morgan fingerprint density at radius 2 is 1.82 bits per heavy atom. The van der Waals surface area contributed by atoms with Crippen LogP contribution in [0.4, 0.5) is 4.79 Å². The van der Waals surface area contributed by atoms with Gasteiger partial charge in [-0.05, 0) is 52.7 Å². The Bertz CT molecular complexity index is 891. The Balaban J connectivity index is 3.16. The second-order valence-electron chi connectivity index (χ2n) is 8.80. The van der Waals surface area contributed by atoms with Crippen LogP contribution in [0.3, 0.4) is 0 Å². The fraction of sp³-hybridized carbons (Fsp3) is 0.520. The number of aryl methyl sites for hydroxylation is 2. The predicted octanol–water partition coefficient (Wildman–Crippen LogP) is 2.95. The molecule has 1 aromatic rings. The van der Waals surface area contributed by atoms with Gasteiger partial charge in [-0.25, -0.2) is 4.79 Å². The zero-order chi connectivity index (χ0) is 25.9. The Hall–Kier alpha value is -3.36. The molecule has 0 radical (unpaired) electrons. The number of ether oxygens (including phenoxy) is 2. The molecular formula is C25H37N3O6. The van der Waals surface area contributed by atoms with Crippen LogP contribution in [0.15, 0.2) is 30.9 Å². The van der Waals surface area contributed by atoms with Crippen molar-refractivity contribution in [3.05, 3.63) is 47.5 Å². The Labute approximate surface area is 201 Å². The zero-order valence-electron chi connectivity index (χ0n) is 21.0. The smallest absolute Gasteiger partial charge is 0.408 e. The van der Waals surface area contributed by atoms with Crippen LogP contribution in [-0.4, -0.2) is 60.6 Å². The van der Waals surface area contributed by atoms with Crippen molar-refractivity contribution >= 4 is 23.9 Å². The molecular weight excluding hydrogens is 438 g/mol. The number of hydrogen-bond acceptors (Lipinski definition) is 6. The predicted molar refractivity (Wildman–Crippen MR) is 129 cm³/mol. The van der Waals surface area contributed by atoms with E-state index in [0.29, 0.717) is 5.56 Å². The molecule has 2 N–H and O–H groups in total. The standard InChI is InChI=1S/C25H37N3O6/c1-8-14-28(20(29)16-27-24(32)34-25(5,6)7)22(19-15-17(3)10-11-18(19)4)23(31)26-13-12-21(30)33-9-2/h8,10-11,15,22H,1,9,12-14,16H2,2-7H3,(H,26,31)(H,27,32). The molecule has 0 fully saturated rings. The van der Waals surface area contributed by atoms with Crippen molar-refractivity contribution in [1.29, 1.82) is 0 Å². The second kappa shape index (κ2) is 13.4. The summed E-state index contributed by atoms with van der Waals surface area (Å²) in [6, 6.07) is 4.64. The molecule has 0 aliphatic carbocycles. The van der Waals surface area contributed by atoms with Gasteiger partial charge >= 0.3 is 12.1 Å². The fourth-order valence-corrected chi connectivity index (χ4v) is 3.18. The molecule has 0 aromatic heterocycles. The summed E-state index contributed by atoms with van der Waals surface area (Å²) < 4.78 is 10.1. The summed E-state index contributed by atoms with van der Waals surface area (Å²) in [5, 5.41) is 5.17. The number of amides is 3. The monoisotopic (exact) mass is 475 g/mol. The van der Waals surface area contributed by atoms with Crippen LogP contribution in [-0.2, 0) is 23.9 Å². The SMILES string of the molecule is C=CCN(C(=O)CNC(=O)OC(C)(C)C)C(C(=O)NCCC(=O)OCC)c1cc(C)ccc1C. The lowest BCUT2D eigenvalue weighted by atomic mass is 9.96. The zero-order valence-corrected chi connectivity index (χ0v) is 21.0. The van der Waals surface area contributed by atoms with Gasteiger partial charge in [0.15, 0.2) is 0 Å². The molecule has 1 rings (SSSR count). The van der Waals surface area contributed by atoms with Gasteiger partial charge in [0, 0.05) is 13.1 Å². The average Bonchev–Trinajstić information content (AvgIpc) is 2.73. The summed E-state index contributed by atoms with van der Waals surface area (Å²) in [4.78, 5) is 51.4. The summed E-state index contributed by atoms with van der Waals surface area (Å²) in [5.74, 6) is -1.37. The van der Waals surface area contributed by atoms with Crippen LogP contribution >= 0.6 is 0 Å². The van der Waals surface area contributed by atoms with Crippen molar-refractivity contribution in [2.24, 2.45) is 0 Å². The van der Waals surface area contributed by atoms with Gasteiger partial charge in [0.05, 0.1) is 13.0 Å². The molecule has 9 heteroatoms. The quantitative estimate of drug-likeness (QED) is 0.376. The normalized spacial score (nSPS) is 11.7. The molecule has 0 saturated heterocycles. The van der Waals surface area contributed by atoms with Crippen LogP contribution in [0, 0.1) is 13.8 Å². The third-order valence-electron chi connectivity index (χ3n) is 4.65. The molecule has 0 aliphatic rings. The number of rotatable bonds is 11. The number of benzene rings is 1.